The first-order valence-corrected chi connectivity index (χ1v) is 4.04. The molecule has 0 spiro atoms. The third-order valence-corrected chi connectivity index (χ3v) is 2.09. The van der Waals surface area contributed by atoms with Crippen molar-refractivity contribution in [3.63, 3.8) is 0 Å². The fourth-order valence-corrected chi connectivity index (χ4v) is 1.11. The number of rotatable bonds is 3. The van der Waals surface area contributed by atoms with Gasteiger partial charge in [-0.25, -0.2) is 0 Å². The van der Waals surface area contributed by atoms with Crippen molar-refractivity contribution in [2.75, 3.05) is 13.6 Å². The van der Waals surface area contributed by atoms with Crippen LogP contribution in [0.2, 0.25) is 0 Å². The average molecular weight is 167 g/mol. The van der Waals surface area contributed by atoms with Gasteiger partial charge in [-0.2, -0.15) is 5.26 Å². The fourth-order valence-electron chi connectivity index (χ4n) is 1.11. The molecule has 66 valence electrons. The summed E-state index contributed by atoms with van der Waals surface area (Å²) in [6, 6.07) is 2.06. The van der Waals surface area contributed by atoms with E-state index in [1.54, 1.807) is 11.9 Å². The van der Waals surface area contributed by atoms with Gasteiger partial charge in [0, 0.05) is 19.6 Å². The van der Waals surface area contributed by atoms with Crippen LogP contribution in [0, 0.1) is 17.2 Å². The predicted octanol–water partition coefficient (Wildman–Crippen LogP) is -0.294. The van der Waals surface area contributed by atoms with E-state index in [-0.39, 0.29) is 17.9 Å². The van der Waals surface area contributed by atoms with Crippen LogP contribution in [0.5, 0.6) is 0 Å². The first kappa shape index (κ1) is 9.01. The van der Waals surface area contributed by atoms with Crippen LogP contribution in [0.25, 0.3) is 0 Å². The number of nitrogens with two attached hydrogens (primary N) is 1. The summed E-state index contributed by atoms with van der Waals surface area (Å²) in [4.78, 5) is 12.9. The molecule has 4 heteroatoms. The third kappa shape index (κ3) is 1.95. The van der Waals surface area contributed by atoms with Crippen molar-refractivity contribution in [3.05, 3.63) is 0 Å². The van der Waals surface area contributed by atoms with E-state index in [1.807, 2.05) is 6.07 Å². The number of hydrogen-bond acceptors (Lipinski definition) is 3. The molecule has 0 aromatic heterocycles. The zero-order valence-corrected chi connectivity index (χ0v) is 7.16. The Kier molecular flexibility index (Phi) is 2.66. The number of nitrogens with zero attached hydrogens (tertiary/aromatic N) is 2. The molecule has 12 heavy (non-hydrogen) atoms. The number of carbonyl (C=O) groups is 1. The lowest BCUT2D eigenvalue weighted by molar-refractivity contribution is -0.131. The van der Waals surface area contributed by atoms with Crippen molar-refractivity contribution in [2.24, 2.45) is 11.7 Å². The van der Waals surface area contributed by atoms with Crippen LogP contribution in [0.3, 0.4) is 0 Å². The standard InChI is InChI=1S/C8H13N3O/c1-11(4-2-3-9)8(12)6-5-7(6)10/h6-7H,2,4-5,10H2,1H3. The second kappa shape index (κ2) is 3.55. The molecule has 0 aromatic carbocycles. The summed E-state index contributed by atoms with van der Waals surface area (Å²) in [6.07, 6.45) is 1.19. The van der Waals surface area contributed by atoms with Gasteiger partial charge in [-0.1, -0.05) is 0 Å². The highest BCUT2D eigenvalue weighted by Crippen LogP contribution is 2.29. The monoisotopic (exact) mass is 167 g/mol. The van der Waals surface area contributed by atoms with Crippen LogP contribution in [-0.4, -0.2) is 30.4 Å². The van der Waals surface area contributed by atoms with Gasteiger partial charge in [-0.3, -0.25) is 4.79 Å². The van der Waals surface area contributed by atoms with Crippen molar-refractivity contribution in [1.29, 1.82) is 5.26 Å². The number of carbonyl (C=O) groups excluding carboxylic acids is 1. The van der Waals surface area contributed by atoms with Crippen LogP contribution in [0.1, 0.15) is 12.8 Å². The zero-order chi connectivity index (χ0) is 9.14. The topological polar surface area (TPSA) is 70.1 Å². The molecule has 0 aromatic rings. The number of nitriles is 1. The Labute approximate surface area is 71.9 Å². The first-order chi connectivity index (χ1) is 5.66. The molecule has 1 aliphatic carbocycles. The Morgan fingerprint density at radius 1 is 1.83 bits per heavy atom. The summed E-state index contributed by atoms with van der Waals surface area (Å²) in [7, 11) is 1.71. The van der Waals surface area contributed by atoms with Crippen LogP contribution in [0.4, 0.5) is 0 Å². The first-order valence-electron chi connectivity index (χ1n) is 4.04. The lowest BCUT2D eigenvalue weighted by atomic mass is 10.3. The minimum atomic E-state index is 0.0219. The predicted molar refractivity (Wildman–Crippen MR) is 43.9 cm³/mol. The highest BCUT2D eigenvalue weighted by atomic mass is 16.2. The molecule has 1 rings (SSSR count). The van der Waals surface area contributed by atoms with E-state index in [0.29, 0.717) is 13.0 Å². The molecule has 2 atom stereocenters. The average Bonchev–Trinajstić information content (AvgIpc) is 2.77. The minimum Gasteiger partial charge on any atom is -0.344 e. The lowest BCUT2D eigenvalue weighted by Gasteiger charge is -2.14. The van der Waals surface area contributed by atoms with E-state index in [2.05, 4.69) is 0 Å². The van der Waals surface area contributed by atoms with E-state index in [1.165, 1.54) is 0 Å². The lowest BCUT2D eigenvalue weighted by Crippen LogP contribution is -2.30. The molecule has 0 bridgehead atoms. The molecule has 1 fully saturated rings. The molecule has 4 nitrogen and oxygen atoms in total. The van der Waals surface area contributed by atoms with Crippen LogP contribution in [0.15, 0.2) is 0 Å². The molecule has 2 unspecified atom stereocenters. The van der Waals surface area contributed by atoms with Crippen molar-refractivity contribution in [3.8, 4) is 6.07 Å². The van der Waals surface area contributed by atoms with Crippen molar-refractivity contribution < 1.29 is 4.79 Å². The zero-order valence-electron chi connectivity index (χ0n) is 7.16. The van der Waals surface area contributed by atoms with Gasteiger partial charge in [0.1, 0.15) is 0 Å². The van der Waals surface area contributed by atoms with Gasteiger partial charge < -0.3 is 10.6 Å². The molecular weight excluding hydrogens is 154 g/mol. The molecule has 0 heterocycles. The van der Waals surface area contributed by atoms with Gasteiger partial charge in [0.2, 0.25) is 5.91 Å². The van der Waals surface area contributed by atoms with E-state index in [4.69, 9.17) is 11.0 Å². The molecule has 1 amide bonds. The van der Waals surface area contributed by atoms with Crippen molar-refractivity contribution in [1.82, 2.24) is 4.90 Å². The highest BCUT2D eigenvalue weighted by molar-refractivity contribution is 5.82. The maximum absolute atomic E-state index is 11.4. The van der Waals surface area contributed by atoms with Gasteiger partial charge in [-0.05, 0) is 6.42 Å². The van der Waals surface area contributed by atoms with E-state index in [0.717, 1.165) is 6.42 Å². The number of hydrogen-bond donors (Lipinski definition) is 1. The summed E-state index contributed by atoms with van der Waals surface area (Å²) in [5.74, 6) is 0.103. The number of amides is 1. The van der Waals surface area contributed by atoms with E-state index >= 15 is 0 Å². The molecule has 1 saturated carbocycles. The minimum absolute atomic E-state index is 0.0219. The maximum Gasteiger partial charge on any atom is 0.227 e. The summed E-state index contributed by atoms with van der Waals surface area (Å²) in [5, 5.41) is 8.29. The van der Waals surface area contributed by atoms with Crippen molar-refractivity contribution >= 4 is 5.91 Å². The summed E-state index contributed by atoms with van der Waals surface area (Å²) >= 11 is 0. The van der Waals surface area contributed by atoms with Gasteiger partial charge >= 0.3 is 0 Å². The summed E-state index contributed by atoms with van der Waals surface area (Å²) in [6.45, 7) is 0.512. The molecule has 0 radical (unpaired) electrons. The summed E-state index contributed by atoms with van der Waals surface area (Å²) in [5.41, 5.74) is 5.52. The second-order valence-corrected chi connectivity index (χ2v) is 3.17. The second-order valence-electron chi connectivity index (χ2n) is 3.17. The Balaban J connectivity index is 2.28. The highest BCUT2D eigenvalue weighted by Gasteiger charge is 2.41. The third-order valence-electron chi connectivity index (χ3n) is 2.09. The SMILES string of the molecule is CN(CCC#N)C(=O)C1CC1N. The molecule has 2 N–H and O–H groups in total. The Morgan fingerprint density at radius 2 is 2.42 bits per heavy atom. The van der Waals surface area contributed by atoms with Crippen LogP contribution < -0.4 is 5.73 Å². The smallest absolute Gasteiger partial charge is 0.227 e. The maximum atomic E-state index is 11.4. The van der Waals surface area contributed by atoms with Crippen molar-refractivity contribution in [2.45, 2.75) is 18.9 Å². The van der Waals surface area contributed by atoms with Gasteiger partial charge in [0.25, 0.3) is 0 Å². The van der Waals surface area contributed by atoms with Crippen LogP contribution >= 0.6 is 0 Å². The van der Waals surface area contributed by atoms with E-state index < -0.39 is 0 Å². The van der Waals surface area contributed by atoms with Crippen LogP contribution in [-0.2, 0) is 4.79 Å². The normalized spacial score (nSPS) is 26.1. The fraction of sp³-hybridized carbons (Fsp3) is 0.750. The largest absolute Gasteiger partial charge is 0.344 e. The Morgan fingerprint density at radius 3 is 2.83 bits per heavy atom. The van der Waals surface area contributed by atoms with Gasteiger partial charge in [0.05, 0.1) is 18.4 Å². The quantitative estimate of drug-likeness (QED) is 0.627. The Bertz CT molecular complexity index is 221. The van der Waals surface area contributed by atoms with Gasteiger partial charge in [-0.15, -0.1) is 0 Å². The molecular formula is C8H13N3O. The molecule has 0 aliphatic heterocycles. The van der Waals surface area contributed by atoms with E-state index in [9.17, 15) is 4.79 Å². The van der Waals surface area contributed by atoms with Gasteiger partial charge in [0.15, 0.2) is 0 Å². The molecule has 0 saturated heterocycles. The summed E-state index contributed by atoms with van der Waals surface area (Å²) < 4.78 is 0. The Hall–Kier alpha value is -1.08. The molecule has 1 aliphatic rings.